The van der Waals surface area contributed by atoms with Crippen LogP contribution in [-0.2, 0) is 27.0 Å². The van der Waals surface area contributed by atoms with Gasteiger partial charge in [-0.1, -0.05) is 18.2 Å². The van der Waals surface area contributed by atoms with E-state index in [0.717, 1.165) is 24.5 Å². The molecule has 37 heavy (non-hydrogen) atoms. The van der Waals surface area contributed by atoms with E-state index in [9.17, 15) is 31.9 Å². The predicted molar refractivity (Wildman–Crippen MR) is 127 cm³/mol. The molecule has 0 saturated heterocycles. The van der Waals surface area contributed by atoms with Crippen LogP contribution in [0.2, 0.25) is 0 Å². The molecule has 5 nitrogen and oxygen atoms in total. The SMILES string of the molecule is Cc1cc(-c2ncc(F)cn2)cc(C)c1C1C(=O)CC(CC(=O)CCc2cccc(C(F)(F)F)c2)C1=O. The zero-order valence-electron chi connectivity index (χ0n) is 20.2. The van der Waals surface area contributed by atoms with Gasteiger partial charge in [0.2, 0.25) is 0 Å². The third-order valence-corrected chi connectivity index (χ3v) is 6.64. The van der Waals surface area contributed by atoms with Crippen LogP contribution in [-0.4, -0.2) is 27.3 Å². The molecule has 0 radical (unpaired) electrons. The molecule has 0 amide bonds. The lowest BCUT2D eigenvalue weighted by Crippen LogP contribution is -2.19. The monoisotopic (exact) mass is 512 g/mol. The van der Waals surface area contributed by atoms with Gasteiger partial charge in [-0.15, -0.1) is 0 Å². The first-order valence-corrected chi connectivity index (χ1v) is 11.8. The summed E-state index contributed by atoms with van der Waals surface area (Å²) in [5.74, 6) is -2.86. The van der Waals surface area contributed by atoms with Gasteiger partial charge < -0.3 is 0 Å². The van der Waals surface area contributed by atoms with Crippen LogP contribution in [0.15, 0.2) is 48.8 Å². The molecule has 1 aliphatic rings. The van der Waals surface area contributed by atoms with Gasteiger partial charge in [-0.2, -0.15) is 13.2 Å². The van der Waals surface area contributed by atoms with Gasteiger partial charge in [0, 0.05) is 30.7 Å². The van der Waals surface area contributed by atoms with E-state index in [1.165, 1.54) is 12.1 Å². The van der Waals surface area contributed by atoms with E-state index in [1.807, 2.05) is 0 Å². The van der Waals surface area contributed by atoms with Crippen LogP contribution in [0.4, 0.5) is 17.6 Å². The second kappa shape index (κ2) is 10.3. The molecule has 0 N–H and O–H groups in total. The number of aromatic nitrogens is 2. The van der Waals surface area contributed by atoms with Crippen molar-refractivity contribution in [2.45, 2.75) is 51.6 Å². The maximum Gasteiger partial charge on any atom is 0.416 e. The van der Waals surface area contributed by atoms with Gasteiger partial charge in [-0.25, -0.2) is 14.4 Å². The highest BCUT2D eigenvalue weighted by Gasteiger charge is 2.43. The Morgan fingerprint density at radius 2 is 1.68 bits per heavy atom. The number of aryl methyl sites for hydroxylation is 3. The minimum absolute atomic E-state index is 0.0195. The molecule has 0 bridgehead atoms. The molecule has 192 valence electrons. The van der Waals surface area contributed by atoms with Gasteiger partial charge in [-0.3, -0.25) is 14.4 Å². The summed E-state index contributed by atoms with van der Waals surface area (Å²) in [6.45, 7) is 3.53. The number of rotatable bonds is 7. The number of benzene rings is 2. The summed E-state index contributed by atoms with van der Waals surface area (Å²) < 4.78 is 51.9. The van der Waals surface area contributed by atoms with E-state index in [2.05, 4.69) is 9.97 Å². The molecule has 1 heterocycles. The van der Waals surface area contributed by atoms with Gasteiger partial charge in [0.05, 0.1) is 18.0 Å². The third kappa shape index (κ3) is 5.81. The molecule has 2 unspecified atom stereocenters. The molecule has 1 fully saturated rings. The molecule has 9 heteroatoms. The fourth-order valence-corrected chi connectivity index (χ4v) is 4.92. The first-order chi connectivity index (χ1) is 17.4. The van der Waals surface area contributed by atoms with Crippen molar-refractivity contribution < 1.29 is 31.9 Å². The fraction of sp³-hybridized carbons (Fsp3) is 0.321. The Balaban J connectivity index is 1.45. The number of ketones is 3. The maximum absolute atomic E-state index is 13.2. The zero-order chi connectivity index (χ0) is 26.9. The van der Waals surface area contributed by atoms with Crippen LogP contribution in [0.25, 0.3) is 11.4 Å². The number of Topliss-reactive ketones (excluding diaryl/α,β-unsaturated/α-hetero) is 3. The number of nitrogens with zero attached hydrogens (tertiary/aromatic N) is 2. The average Bonchev–Trinajstić information content (AvgIpc) is 3.10. The molecule has 1 aromatic heterocycles. The first-order valence-electron chi connectivity index (χ1n) is 11.8. The van der Waals surface area contributed by atoms with E-state index >= 15 is 0 Å². The van der Waals surface area contributed by atoms with Crippen LogP contribution in [0, 0.1) is 25.6 Å². The normalized spacial score (nSPS) is 17.9. The highest BCUT2D eigenvalue weighted by Crippen LogP contribution is 2.38. The largest absolute Gasteiger partial charge is 0.416 e. The number of carbonyl (C=O) groups is 3. The Kier molecular flexibility index (Phi) is 7.34. The van der Waals surface area contributed by atoms with Gasteiger partial charge in [-0.05, 0) is 60.7 Å². The summed E-state index contributed by atoms with van der Waals surface area (Å²) in [5.41, 5.74) is 2.18. The average molecular weight is 513 g/mol. The Hall–Kier alpha value is -3.75. The van der Waals surface area contributed by atoms with Gasteiger partial charge in [0.25, 0.3) is 0 Å². The van der Waals surface area contributed by atoms with Gasteiger partial charge in [0.1, 0.15) is 17.5 Å². The fourth-order valence-electron chi connectivity index (χ4n) is 4.92. The lowest BCUT2D eigenvalue weighted by Gasteiger charge is -2.17. The smallest absolute Gasteiger partial charge is 0.300 e. The molecular weight excluding hydrogens is 488 g/mol. The second-order valence-corrected chi connectivity index (χ2v) is 9.39. The Bertz CT molecular complexity index is 1340. The zero-order valence-corrected chi connectivity index (χ0v) is 20.2. The van der Waals surface area contributed by atoms with Crippen LogP contribution < -0.4 is 0 Å². The number of halogens is 4. The molecule has 0 aliphatic heterocycles. The lowest BCUT2D eigenvalue weighted by molar-refractivity contribution is -0.137. The van der Waals surface area contributed by atoms with Crippen molar-refractivity contribution in [3.8, 4) is 11.4 Å². The van der Waals surface area contributed by atoms with Crippen LogP contribution in [0.5, 0.6) is 0 Å². The number of hydrogen-bond donors (Lipinski definition) is 0. The Labute approximate surface area is 211 Å². The lowest BCUT2D eigenvalue weighted by atomic mass is 9.85. The second-order valence-electron chi connectivity index (χ2n) is 9.39. The highest BCUT2D eigenvalue weighted by molar-refractivity contribution is 6.15. The van der Waals surface area contributed by atoms with E-state index in [1.54, 1.807) is 26.0 Å². The molecular formula is C28H24F4N2O3. The number of carbonyl (C=O) groups excluding carboxylic acids is 3. The van der Waals surface area contributed by atoms with Crippen LogP contribution >= 0.6 is 0 Å². The Morgan fingerprint density at radius 3 is 2.30 bits per heavy atom. The molecule has 0 spiro atoms. The Morgan fingerprint density at radius 1 is 1.03 bits per heavy atom. The highest BCUT2D eigenvalue weighted by atomic mass is 19.4. The van der Waals surface area contributed by atoms with Crippen LogP contribution in [0.1, 0.15) is 53.0 Å². The minimum Gasteiger partial charge on any atom is -0.300 e. The van der Waals surface area contributed by atoms with Crippen molar-refractivity contribution in [1.82, 2.24) is 9.97 Å². The summed E-state index contributed by atoms with van der Waals surface area (Å²) in [4.78, 5) is 46.6. The van der Waals surface area contributed by atoms with Crippen molar-refractivity contribution in [2.24, 2.45) is 5.92 Å². The minimum atomic E-state index is -4.47. The van der Waals surface area contributed by atoms with E-state index in [0.29, 0.717) is 33.6 Å². The topological polar surface area (TPSA) is 77.0 Å². The summed E-state index contributed by atoms with van der Waals surface area (Å²) in [5, 5.41) is 0. The summed E-state index contributed by atoms with van der Waals surface area (Å²) >= 11 is 0. The van der Waals surface area contributed by atoms with Gasteiger partial charge >= 0.3 is 6.18 Å². The van der Waals surface area contributed by atoms with E-state index < -0.39 is 29.4 Å². The van der Waals surface area contributed by atoms with Crippen molar-refractivity contribution in [3.05, 3.63) is 82.4 Å². The standard InChI is InChI=1S/C28H24F4N2O3/c1-15-8-19(27-33-13-21(29)14-34-27)9-16(2)24(15)25-23(36)12-18(26(25)37)11-22(35)7-6-17-4-3-5-20(10-17)28(30,31)32/h3-5,8-10,13-14,18,25H,6-7,11-12H2,1-2H3. The molecule has 1 aliphatic carbocycles. The van der Waals surface area contributed by atoms with E-state index in [4.69, 9.17) is 0 Å². The molecule has 2 atom stereocenters. The van der Waals surface area contributed by atoms with Crippen molar-refractivity contribution in [3.63, 3.8) is 0 Å². The molecule has 4 rings (SSSR count). The quantitative estimate of drug-likeness (QED) is 0.298. The molecule has 3 aromatic rings. The predicted octanol–water partition coefficient (Wildman–Crippen LogP) is 5.75. The first kappa shape index (κ1) is 26.3. The van der Waals surface area contributed by atoms with Gasteiger partial charge in [0.15, 0.2) is 17.4 Å². The number of hydrogen-bond acceptors (Lipinski definition) is 5. The third-order valence-electron chi connectivity index (χ3n) is 6.64. The van der Waals surface area contributed by atoms with E-state index in [-0.39, 0.29) is 43.0 Å². The van der Waals surface area contributed by atoms with Crippen molar-refractivity contribution >= 4 is 17.3 Å². The van der Waals surface area contributed by atoms with Crippen LogP contribution in [0.3, 0.4) is 0 Å². The molecule has 2 aromatic carbocycles. The summed E-state index contributed by atoms with van der Waals surface area (Å²) in [7, 11) is 0. The summed E-state index contributed by atoms with van der Waals surface area (Å²) in [6.07, 6.45) is -2.44. The molecule has 1 saturated carbocycles. The maximum atomic E-state index is 13.2. The summed E-state index contributed by atoms with van der Waals surface area (Å²) in [6, 6.07) is 8.28. The number of alkyl halides is 3. The van der Waals surface area contributed by atoms with Crippen molar-refractivity contribution in [2.75, 3.05) is 0 Å². The van der Waals surface area contributed by atoms with Crippen molar-refractivity contribution in [1.29, 1.82) is 0 Å².